The highest BCUT2D eigenvalue weighted by Gasteiger charge is 2.21. The first-order chi connectivity index (χ1) is 10.1. The minimum atomic E-state index is -3.53. The third-order valence-corrected chi connectivity index (χ3v) is 4.90. The van der Waals surface area contributed by atoms with Crippen molar-refractivity contribution in [2.45, 2.75) is 24.0 Å². The van der Waals surface area contributed by atoms with Crippen molar-refractivity contribution in [3.63, 3.8) is 0 Å². The summed E-state index contributed by atoms with van der Waals surface area (Å²) in [6.07, 6.45) is 3.44. The first kappa shape index (κ1) is 14.2. The summed E-state index contributed by atoms with van der Waals surface area (Å²) in [4.78, 5) is 3.99. The van der Waals surface area contributed by atoms with E-state index in [2.05, 4.69) is 15.8 Å². The van der Waals surface area contributed by atoms with E-state index in [0.29, 0.717) is 13.0 Å². The SMILES string of the molecule is O=S(=O)(NC[C@@H]1Cc2ccccc2CO1)c1cccnc1. The van der Waals surface area contributed by atoms with E-state index in [4.69, 9.17) is 4.74 Å². The van der Waals surface area contributed by atoms with Gasteiger partial charge < -0.3 is 4.74 Å². The molecule has 0 fully saturated rings. The number of nitrogens with zero attached hydrogens (tertiary/aromatic N) is 1. The number of hydrogen-bond donors (Lipinski definition) is 1. The molecule has 0 radical (unpaired) electrons. The molecule has 110 valence electrons. The fourth-order valence-corrected chi connectivity index (χ4v) is 3.36. The van der Waals surface area contributed by atoms with Gasteiger partial charge in [-0.1, -0.05) is 24.3 Å². The summed E-state index contributed by atoms with van der Waals surface area (Å²) in [6.45, 7) is 0.779. The molecule has 5 nitrogen and oxygen atoms in total. The number of fused-ring (bicyclic) bond motifs is 1. The Bertz CT molecular complexity index is 717. The molecule has 21 heavy (non-hydrogen) atoms. The van der Waals surface area contributed by atoms with Crippen molar-refractivity contribution in [1.82, 2.24) is 9.71 Å². The highest BCUT2D eigenvalue weighted by atomic mass is 32.2. The normalized spacial score (nSPS) is 18.2. The Balaban J connectivity index is 1.64. The first-order valence-electron chi connectivity index (χ1n) is 6.73. The van der Waals surface area contributed by atoms with E-state index in [1.54, 1.807) is 12.3 Å². The Kier molecular flexibility index (Phi) is 4.01. The zero-order valence-corrected chi connectivity index (χ0v) is 12.2. The van der Waals surface area contributed by atoms with Crippen molar-refractivity contribution < 1.29 is 13.2 Å². The molecule has 6 heteroatoms. The predicted octanol–water partition coefficient (Wildman–Crippen LogP) is 1.50. The maximum Gasteiger partial charge on any atom is 0.242 e. The second kappa shape index (κ2) is 5.93. The molecule has 1 aliphatic heterocycles. The summed E-state index contributed by atoms with van der Waals surface area (Å²) in [5, 5.41) is 0. The van der Waals surface area contributed by atoms with Crippen LogP contribution in [0.25, 0.3) is 0 Å². The number of nitrogens with one attached hydrogen (secondary N) is 1. The lowest BCUT2D eigenvalue weighted by Crippen LogP contribution is -2.36. The van der Waals surface area contributed by atoms with Crippen LogP contribution < -0.4 is 4.72 Å². The van der Waals surface area contributed by atoms with Crippen LogP contribution >= 0.6 is 0 Å². The quantitative estimate of drug-likeness (QED) is 0.929. The monoisotopic (exact) mass is 304 g/mol. The van der Waals surface area contributed by atoms with Crippen LogP contribution in [0.2, 0.25) is 0 Å². The van der Waals surface area contributed by atoms with Crippen molar-refractivity contribution >= 4 is 10.0 Å². The zero-order chi connectivity index (χ0) is 14.7. The zero-order valence-electron chi connectivity index (χ0n) is 11.4. The molecular weight excluding hydrogens is 288 g/mol. The fourth-order valence-electron chi connectivity index (χ4n) is 2.33. The van der Waals surface area contributed by atoms with Crippen molar-refractivity contribution in [2.75, 3.05) is 6.54 Å². The highest BCUT2D eigenvalue weighted by Crippen LogP contribution is 2.20. The molecule has 3 rings (SSSR count). The topological polar surface area (TPSA) is 68.3 Å². The van der Waals surface area contributed by atoms with Crippen LogP contribution in [0.1, 0.15) is 11.1 Å². The van der Waals surface area contributed by atoms with Gasteiger partial charge >= 0.3 is 0 Å². The molecule has 1 N–H and O–H groups in total. The molecule has 0 saturated heterocycles. The Hall–Kier alpha value is -1.76. The number of aromatic nitrogens is 1. The summed E-state index contributed by atoms with van der Waals surface area (Å²) in [6, 6.07) is 11.2. The van der Waals surface area contributed by atoms with Gasteiger partial charge in [-0.25, -0.2) is 13.1 Å². The first-order valence-corrected chi connectivity index (χ1v) is 8.21. The highest BCUT2D eigenvalue weighted by molar-refractivity contribution is 7.89. The third-order valence-electron chi connectivity index (χ3n) is 3.49. The van der Waals surface area contributed by atoms with E-state index < -0.39 is 10.0 Å². The number of sulfonamides is 1. The Morgan fingerprint density at radius 3 is 2.76 bits per heavy atom. The van der Waals surface area contributed by atoms with Crippen LogP contribution in [-0.2, 0) is 27.8 Å². The van der Waals surface area contributed by atoms with Gasteiger partial charge in [-0.3, -0.25) is 4.98 Å². The minimum absolute atomic E-state index is 0.147. The molecule has 0 amide bonds. The number of ether oxygens (including phenoxy) is 1. The average molecular weight is 304 g/mol. The molecule has 0 aliphatic carbocycles. The summed E-state index contributed by atoms with van der Waals surface area (Å²) in [5.41, 5.74) is 2.39. The van der Waals surface area contributed by atoms with Crippen LogP contribution in [0.5, 0.6) is 0 Å². The lowest BCUT2D eigenvalue weighted by molar-refractivity contribution is 0.0322. The van der Waals surface area contributed by atoms with Crippen molar-refractivity contribution in [3.8, 4) is 0 Å². The maximum atomic E-state index is 12.1. The molecule has 0 unspecified atom stereocenters. The van der Waals surface area contributed by atoms with Crippen LogP contribution in [0, 0.1) is 0 Å². The number of rotatable bonds is 4. The molecule has 1 aliphatic rings. The Labute approximate surface area is 124 Å². The molecule has 0 spiro atoms. The smallest absolute Gasteiger partial charge is 0.242 e. The molecule has 1 atom stereocenters. The van der Waals surface area contributed by atoms with E-state index in [-0.39, 0.29) is 17.5 Å². The lowest BCUT2D eigenvalue weighted by atomic mass is 9.99. The minimum Gasteiger partial charge on any atom is -0.372 e. The summed E-state index contributed by atoms with van der Waals surface area (Å²) in [5.74, 6) is 0. The van der Waals surface area contributed by atoms with E-state index in [1.807, 2.05) is 18.2 Å². The van der Waals surface area contributed by atoms with Gasteiger partial charge in [0.25, 0.3) is 0 Å². The summed E-state index contributed by atoms with van der Waals surface area (Å²) >= 11 is 0. The van der Waals surface area contributed by atoms with Gasteiger partial charge in [0.05, 0.1) is 12.7 Å². The number of benzene rings is 1. The van der Waals surface area contributed by atoms with E-state index in [0.717, 1.165) is 0 Å². The second-order valence-electron chi connectivity index (χ2n) is 4.95. The molecule has 2 aromatic rings. The fraction of sp³-hybridized carbons (Fsp3) is 0.267. The summed E-state index contributed by atoms with van der Waals surface area (Å²) in [7, 11) is -3.53. The number of hydrogen-bond acceptors (Lipinski definition) is 4. The van der Waals surface area contributed by atoms with Crippen LogP contribution in [0.15, 0.2) is 53.7 Å². The van der Waals surface area contributed by atoms with Gasteiger partial charge in [0, 0.05) is 25.4 Å². The molecular formula is C15H16N2O3S. The summed E-state index contributed by atoms with van der Waals surface area (Å²) < 4.78 is 32.5. The van der Waals surface area contributed by atoms with Crippen LogP contribution in [0.4, 0.5) is 0 Å². The van der Waals surface area contributed by atoms with Gasteiger partial charge in [-0.2, -0.15) is 0 Å². The van der Waals surface area contributed by atoms with E-state index in [9.17, 15) is 8.42 Å². The second-order valence-corrected chi connectivity index (χ2v) is 6.71. The van der Waals surface area contributed by atoms with E-state index >= 15 is 0 Å². The van der Waals surface area contributed by atoms with Gasteiger partial charge in [0.15, 0.2) is 0 Å². The average Bonchev–Trinajstić information content (AvgIpc) is 2.54. The van der Waals surface area contributed by atoms with Crippen LogP contribution in [0.3, 0.4) is 0 Å². The standard InChI is InChI=1S/C15H16N2O3S/c18-21(19,15-6-3-7-16-10-15)17-9-14-8-12-4-1-2-5-13(12)11-20-14/h1-7,10,14,17H,8-9,11H2/t14-/m0/s1. The largest absolute Gasteiger partial charge is 0.372 e. The van der Waals surface area contributed by atoms with Crippen molar-refractivity contribution in [1.29, 1.82) is 0 Å². The van der Waals surface area contributed by atoms with Gasteiger partial charge in [0.1, 0.15) is 4.90 Å². The van der Waals surface area contributed by atoms with E-state index in [1.165, 1.54) is 23.4 Å². The lowest BCUT2D eigenvalue weighted by Gasteiger charge is -2.25. The van der Waals surface area contributed by atoms with Gasteiger partial charge in [-0.05, 0) is 23.3 Å². The Morgan fingerprint density at radius 1 is 1.19 bits per heavy atom. The maximum absolute atomic E-state index is 12.1. The molecule has 1 aromatic heterocycles. The third kappa shape index (κ3) is 3.29. The van der Waals surface area contributed by atoms with Gasteiger partial charge in [-0.15, -0.1) is 0 Å². The Morgan fingerprint density at radius 2 is 2.00 bits per heavy atom. The molecule has 2 heterocycles. The van der Waals surface area contributed by atoms with Crippen molar-refractivity contribution in [2.24, 2.45) is 0 Å². The van der Waals surface area contributed by atoms with Crippen molar-refractivity contribution in [3.05, 3.63) is 59.9 Å². The number of pyridine rings is 1. The van der Waals surface area contributed by atoms with Gasteiger partial charge in [0.2, 0.25) is 10.0 Å². The molecule has 0 bridgehead atoms. The molecule has 1 aromatic carbocycles. The predicted molar refractivity (Wildman–Crippen MR) is 78.1 cm³/mol. The van der Waals surface area contributed by atoms with Crippen LogP contribution in [-0.4, -0.2) is 26.1 Å². The molecule has 0 saturated carbocycles.